The number of hydrogen-bond donors (Lipinski definition) is 0. The molecule has 144 valence electrons. The van der Waals surface area contributed by atoms with Crippen LogP contribution in [0.25, 0.3) is 0 Å². The summed E-state index contributed by atoms with van der Waals surface area (Å²) in [6.45, 7) is 0. The lowest BCUT2D eigenvalue weighted by atomic mass is 10.2. The number of rotatable bonds is 3. The number of nitro benzene ring substituents is 1. The zero-order chi connectivity index (χ0) is 20.2. The van der Waals surface area contributed by atoms with Crippen LogP contribution in [0.3, 0.4) is 0 Å². The van der Waals surface area contributed by atoms with E-state index in [-0.39, 0.29) is 22.0 Å². The summed E-state index contributed by atoms with van der Waals surface area (Å²) in [6, 6.07) is 11.7. The van der Waals surface area contributed by atoms with Crippen LogP contribution >= 0.6 is 0 Å². The van der Waals surface area contributed by atoms with Crippen molar-refractivity contribution in [2.75, 3.05) is 14.1 Å². The summed E-state index contributed by atoms with van der Waals surface area (Å²) in [5, 5.41) is 16.3. The van der Waals surface area contributed by atoms with Gasteiger partial charge in [0, 0.05) is 23.3 Å². The maximum atomic E-state index is 13.0. The highest BCUT2D eigenvalue weighted by Crippen LogP contribution is 2.38. The molecular formula is C17H15N5O5S. The minimum absolute atomic E-state index is 0.0391. The molecule has 2 aliphatic heterocycles. The predicted molar refractivity (Wildman–Crippen MR) is 98.7 cm³/mol. The van der Waals surface area contributed by atoms with Gasteiger partial charge in [-0.05, 0) is 32.3 Å². The third kappa shape index (κ3) is 2.47. The molecule has 2 aromatic carbocycles. The maximum Gasteiger partial charge on any atom is 0.277 e. The van der Waals surface area contributed by atoms with Crippen LogP contribution in [0.2, 0.25) is 0 Å². The van der Waals surface area contributed by atoms with Crippen LogP contribution in [-0.4, -0.2) is 59.7 Å². The highest BCUT2D eigenvalue weighted by Gasteiger charge is 2.52. The molecule has 4 rings (SSSR count). The molecule has 2 aromatic rings. The van der Waals surface area contributed by atoms with Crippen molar-refractivity contribution in [3.05, 3.63) is 69.8 Å². The number of hydrazone groups is 1. The van der Waals surface area contributed by atoms with Gasteiger partial charge in [0.05, 0.1) is 9.82 Å². The van der Waals surface area contributed by atoms with Gasteiger partial charge in [-0.3, -0.25) is 19.8 Å². The highest BCUT2D eigenvalue weighted by molar-refractivity contribution is 7.90. The van der Waals surface area contributed by atoms with E-state index in [1.165, 1.54) is 29.2 Å². The molecule has 0 saturated heterocycles. The Morgan fingerprint density at radius 1 is 1.18 bits per heavy atom. The van der Waals surface area contributed by atoms with Gasteiger partial charge in [-0.2, -0.15) is 5.01 Å². The molecule has 1 atom stereocenters. The number of carbonyl (C=O) groups excluding carboxylic acids is 1. The number of sulfonamides is 1. The van der Waals surface area contributed by atoms with Crippen LogP contribution in [0.15, 0.2) is 58.5 Å². The van der Waals surface area contributed by atoms with Gasteiger partial charge in [-0.1, -0.05) is 18.2 Å². The van der Waals surface area contributed by atoms with E-state index in [9.17, 15) is 23.3 Å². The number of nitrogens with zero attached hydrogens (tertiary/aromatic N) is 5. The summed E-state index contributed by atoms with van der Waals surface area (Å²) in [6.07, 6.45) is -1.03. The molecule has 0 unspecified atom stereocenters. The molecule has 10 nitrogen and oxygen atoms in total. The smallest absolute Gasteiger partial charge is 0.270 e. The first-order valence-corrected chi connectivity index (χ1v) is 9.64. The molecule has 2 aliphatic rings. The molecule has 1 amide bonds. The SMILES string of the molecule is CN(C)[C@H]1N(C(=O)c2cccc([N+](=O)[O-])c2)N=C2c3ccccc3S(=O)(=O)N21. The molecule has 28 heavy (non-hydrogen) atoms. The lowest BCUT2D eigenvalue weighted by Gasteiger charge is -2.32. The average Bonchev–Trinajstić information content (AvgIpc) is 3.17. The van der Waals surface area contributed by atoms with Gasteiger partial charge in [-0.25, -0.2) is 12.7 Å². The van der Waals surface area contributed by atoms with Crippen LogP contribution in [0, 0.1) is 10.1 Å². The molecule has 0 fully saturated rings. The molecule has 0 radical (unpaired) electrons. The summed E-state index contributed by atoms with van der Waals surface area (Å²) >= 11 is 0. The number of amides is 1. The number of benzene rings is 2. The van der Waals surface area contributed by atoms with E-state index in [0.29, 0.717) is 5.56 Å². The predicted octanol–water partition coefficient (Wildman–Crippen LogP) is 1.26. The lowest BCUT2D eigenvalue weighted by Crippen LogP contribution is -2.53. The van der Waals surface area contributed by atoms with Gasteiger partial charge >= 0.3 is 0 Å². The second kappa shape index (κ2) is 6.11. The van der Waals surface area contributed by atoms with Gasteiger partial charge < -0.3 is 0 Å². The van der Waals surface area contributed by atoms with Gasteiger partial charge in [0.2, 0.25) is 0 Å². The molecular weight excluding hydrogens is 386 g/mol. The third-order valence-corrected chi connectivity index (χ3v) is 6.27. The summed E-state index contributed by atoms with van der Waals surface area (Å²) in [5.74, 6) is -0.495. The quantitative estimate of drug-likeness (QED) is 0.565. The Morgan fingerprint density at radius 2 is 1.89 bits per heavy atom. The fraction of sp³-hybridized carbons (Fsp3) is 0.176. The second-order valence-electron chi connectivity index (χ2n) is 6.49. The number of hydrogen-bond acceptors (Lipinski definition) is 7. The molecule has 11 heteroatoms. The van der Waals surface area contributed by atoms with Crippen LogP contribution in [0.1, 0.15) is 15.9 Å². The molecule has 0 bridgehead atoms. The topological polar surface area (TPSA) is 116 Å². The van der Waals surface area contributed by atoms with E-state index in [0.717, 1.165) is 15.4 Å². The summed E-state index contributed by atoms with van der Waals surface area (Å²) in [5.41, 5.74) is 0.207. The normalized spacial score (nSPS) is 19.4. The third-order valence-electron chi connectivity index (χ3n) is 4.48. The molecule has 0 spiro atoms. The number of nitro groups is 1. The van der Waals surface area contributed by atoms with Crippen molar-refractivity contribution >= 4 is 27.5 Å². The lowest BCUT2D eigenvalue weighted by molar-refractivity contribution is -0.384. The molecule has 2 heterocycles. The van der Waals surface area contributed by atoms with Gasteiger partial charge in [0.25, 0.3) is 21.6 Å². The monoisotopic (exact) mass is 401 g/mol. The van der Waals surface area contributed by atoms with Gasteiger partial charge in [0.1, 0.15) is 0 Å². The zero-order valence-electron chi connectivity index (χ0n) is 14.9. The zero-order valence-corrected chi connectivity index (χ0v) is 15.7. The molecule has 0 aromatic heterocycles. The van der Waals surface area contributed by atoms with Crippen molar-refractivity contribution in [2.24, 2.45) is 5.10 Å². The van der Waals surface area contributed by atoms with E-state index in [1.54, 1.807) is 32.3 Å². The summed E-state index contributed by atoms with van der Waals surface area (Å²) in [7, 11) is -0.648. The first-order valence-electron chi connectivity index (χ1n) is 8.20. The van der Waals surface area contributed by atoms with Gasteiger partial charge in [0.15, 0.2) is 12.1 Å². The average molecular weight is 401 g/mol. The Hall–Kier alpha value is -3.31. The van der Waals surface area contributed by atoms with Crippen molar-refractivity contribution < 1.29 is 18.1 Å². The number of amidine groups is 1. The van der Waals surface area contributed by atoms with E-state index < -0.39 is 27.1 Å². The largest absolute Gasteiger partial charge is 0.277 e. The Kier molecular flexibility index (Phi) is 3.94. The van der Waals surface area contributed by atoms with Gasteiger partial charge in [-0.15, -0.1) is 5.10 Å². The van der Waals surface area contributed by atoms with Crippen molar-refractivity contribution in [2.45, 2.75) is 11.2 Å². The van der Waals surface area contributed by atoms with Crippen LogP contribution in [0.5, 0.6) is 0 Å². The Labute approximate surface area is 160 Å². The van der Waals surface area contributed by atoms with Crippen molar-refractivity contribution in [1.82, 2.24) is 14.2 Å². The Morgan fingerprint density at radius 3 is 2.57 bits per heavy atom. The number of fused-ring (bicyclic) bond motifs is 3. The maximum absolute atomic E-state index is 13.0. The molecule has 0 N–H and O–H groups in total. The second-order valence-corrected chi connectivity index (χ2v) is 8.27. The van der Waals surface area contributed by atoms with E-state index >= 15 is 0 Å². The molecule has 0 saturated carbocycles. The van der Waals surface area contributed by atoms with Crippen molar-refractivity contribution in [3.63, 3.8) is 0 Å². The number of non-ortho nitro benzene ring substituents is 1. The summed E-state index contributed by atoms with van der Waals surface area (Å²) in [4.78, 5) is 25.1. The van der Waals surface area contributed by atoms with Crippen molar-refractivity contribution in [3.8, 4) is 0 Å². The van der Waals surface area contributed by atoms with Crippen molar-refractivity contribution in [1.29, 1.82) is 0 Å². The first-order chi connectivity index (χ1) is 13.2. The van der Waals surface area contributed by atoms with E-state index in [1.807, 2.05) is 0 Å². The standard InChI is InChI=1S/C17H15N5O5S/c1-19(2)17-20(16(23)11-6-5-7-12(10-11)22(24)25)18-15-13-8-3-4-9-14(13)28(26,27)21(15)17/h3-10,17H,1-2H3/t17-/m0/s1. The first kappa shape index (κ1) is 18.1. The van der Waals surface area contributed by atoms with Crippen LogP contribution in [-0.2, 0) is 10.0 Å². The van der Waals surface area contributed by atoms with E-state index in [2.05, 4.69) is 5.10 Å². The Bertz CT molecular complexity index is 1140. The fourth-order valence-electron chi connectivity index (χ4n) is 3.26. The summed E-state index contributed by atoms with van der Waals surface area (Å²) < 4.78 is 27.1. The van der Waals surface area contributed by atoms with E-state index in [4.69, 9.17) is 0 Å². The minimum Gasteiger partial charge on any atom is -0.270 e. The van der Waals surface area contributed by atoms with Crippen LogP contribution < -0.4 is 0 Å². The fourth-order valence-corrected chi connectivity index (χ4v) is 5.05. The number of carbonyl (C=O) groups is 1. The molecule has 0 aliphatic carbocycles. The minimum atomic E-state index is -3.89. The highest BCUT2D eigenvalue weighted by atomic mass is 32.2. The van der Waals surface area contributed by atoms with Crippen LogP contribution in [0.4, 0.5) is 5.69 Å². The Balaban J connectivity index is 1.83.